The number of fused-ring (bicyclic) bond motifs is 15. The molecule has 2 aromatic heterocycles. The summed E-state index contributed by atoms with van der Waals surface area (Å²) in [5, 5.41) is 3.62. The van der Waals surface area contributed by atoms with Crippen LogP contribution in [0.15, 0.2) is 160 Å². The van der Waals surface area contributed by atoms with Gasteiger partial charge in [-0.15, -0.1) is 11.3 Å². The Balaban J connectivity index is 1.09. The van der Waals surface area contributed by atoms with Crippen LogP contribution in [0, 0.1) is 6.92 Å². The Hall–Kier alpha value is -6.47. The summed E-state index contributed by atoms with van der Waals surface area (Å²) in [6.07, 6.45) is 2.34. The first-order chi connectivity index (χ1) is 35.4. The third-order valence-electron chi connectivity index (χ3n) is 18.8. The van der Waals surface area contributed by atoms with E-state index in [9.17, 15) is 0 Å². The molecule has 2 aliphatic carbocycles. The number of aryl methyl sites for hydroxylation is 1. The lowest BCUT2D eigenvalue weighted by atomic mass is 9.36. The molecule has 0 saturated heterocycles. The van der Waals surface area contributed by atoms with Crippen LogP contribution in [0.4, 0.5) is 34.1 Å². The maximum atomic E-state index is 7.02. The third-order valence-corrected chi connectivity index (χ3v) is 21.2. The van der Waals surface area contributed by atoms with Crippen LogP contribution in [0.1, 0.15) is 132 Å². The van der Waals surface area contributed by atoms with E-state index < -0.39 is 0 Å². The highest BCUT2D eigenvalue weighted by atomic mass is 32.2. The summed E-state index contributed by atoms with van der Waals surface area (Å²) < 4.78 is 9.85. The zero-order valence-electron chi connectivity index (χ0n) is 44.5. The minimum absolute atomic E-state index is 0.0377. The standard InChI is InChI=1S/C68H61BN2OS2/c1-38-33-53-59-54(34-38)71(51-24-18-20-41-40-19-12-16-25-55(40)72-61(41)51)52-37-57-49(67(8,9)46-23-15-17-26-56(46)73-57)36-50(52)69(59)63-60(70(53)39-27-29-43-48(35-39)65(4,5)32-31-64(43,2)3)42-28-30-47-58(62(42)74-63)68(10,11)45-22-14-13-21-44(45)66(47,6)7/h12-30,33-37H,31-32H2,1-11H3. The predicted molar refractivity (Wildman–Crippen MR) is 317 cm³/mol. The Morgan fingerprint density at radius 1 is 0.486 bits per heavy atom. The van der Waals surface area contributed by atoms with Crippen molar-refractivity contribution in [2.24, 2.45) is 0 Å². The number of anilines is 6. The van der Waals surface area contributed by atoms with E-state index in [4.69, 9.17) is 4.42 Å². The molecule has 0 unspecified atom stereocenters. The molecular formula is C68H61BN2OS2. The molecule has 5 aliphatic rings. The number of rotatable bonds is 2. The molecule has 0 radical (unpaired) electrons. The second-order valence-corrected chi connectivity index (χ2v) is 27.3. The quantitative estimate of drug-likeness (QED) is 0.161. The first-order valence-corrected chi connectivity index (χ1v) is 28.5. The molecule has 5 heterocycles. The monoisotopic (exact) mass is 996 g/mol. The van der Waals surface area contributed by atoms with Crippen LogP contribution in [0.3, 0.4) is 0 Å². The van der Waals surface area contributed by atoms with E-state index in [0.29, 0.717) is 0 Å². The zero-order valence-corrected chi connectivity index (χ0v) is 46.1. The number of benzene rings is 8. The van der Waals surface area contributed by atoms with E-state index in [1.54, 1.807) is 0 Å². The number of hydrogen-bond acceptors (Lipinski definition) is 5. The molecule has 0 atom stereocenters. The zero-order chi connectivity index (χ0) is 50.7. The lowest BCUT2D eigenvalue weighted by Crippen LogP contribution is -2.60. The van der Waals surface area contributed by atoms with E-state index in [1.807, 2.05) is 11.8 Å². The van der Waals surface area contributed by atoms with Gasteiger partial charge >= 0.3 is 0 Å². The molecule has 3 nitrogen and oxygen atoms in total. The third kappa shape index (κ3) is 5.77. The molecule has 6 heteroatoms. The average molecular weight is 997 g/mol. The predicted octanol–water partition coefficient (Wildman–Crippen LogP) is 17.3. The SMILES string of the molecule is Cc1cc2c3c(c1)N(c1cccc4c1oc1ccccc14)c1cc4c(cc1B3c1sc3c5c(ccc3c1N2c1ccc2c(c1)C(C)(C)CCC2(C)C)C(C)(C)c1ccccc1C5(C)C)C(C)(C)c1ccccc1S4. The number of thiophene rings is 1. The van der Waals surface area contributed by atoms with E-state index >= 15 is 0 Å². The van der Waals surface area contributed by atoms with E-state index in [0.717, 1.165) is 34.0 Å². The minimum Gasteiger partial charge on any atom is -0.454 e. The summed E-state index contributed by atoms with van der Waals surface area (Å²) in [6, 6.07) is 56.4. The van der Waals surface area contributed by atoms with Crippen molar-refractivity contribution in [2.75, 3.05) is 9.80 Å². The summed E-state index contributed by atoms with van der Waals surface area (Å²) in [5.41, 5.74) is 24.1. The van der Waals surface area contributed by atoms with Gasteiger partial charge in [0.1, 0.15) is 5.58 Å². The van der Waals surface area contributed by atoms with Crippen molar-refractivity contribution >= 4 is 112 Å². The first kappa shape index (κ1) is 45.0. The highest BCUT2D eigenvalue weighted by Crippen LogP contribution is 2.58. The topological polar surface area (TPSA) is 19.6 Å². The fraction of sp³-hybridized carbons (Fsp3) is 0.265. The molecule has 10 aromatic rings. The fourth-order valence-electron chi connectivity index (χ4n) is 14.8. The second-order valence-electron chi connectivity index (χ2n) is 25.2. The Kier molecular flexibility index (Phi) is 8.92. The van der Waals surface area contributed by atoms with Crippen molar-refractivity contribution < 1.29 is 4.42 Å². The molecule has 3 aliphatic heterocycles. The maximum Gasteiger partial charge on any atom is 0.264 e. The number of hydrogen-bond donors (Lipinski definition) is 0. The minimum atomic E-state index is -0.227. The molecule has 0 saturated carbocycles. The van der Waals surface area contributed by atoms with E-state index in [-0.39, 0.29) is 33.8 Å². The number of para-hydroxylation sites is 2. The summed E-state index contributed by atoms with van der Waals surface area (Å²) in [6.45, 7) is 26.8. The fourth-order valence-corrected chi connectivity index (χ4v) is 17.8. The smallest absolute Gasteiger partial charge is 0.264 e. The van der Waals surface area contributed by atoms with Crippen molar-refractivity contribution in [2.45, 2.75) is 126 Å². The summed E-state index contributed by atoms with van der Waals surface area (Å²) >= 11 is 3.99. The van der Waals surface area contributed by atoms with Gasteiger partial charge in [-0.25, -0.2) is 0 Å². The van der Waals surface area contributed by atoms with Gasteiger partial charge in [0.2, 0.25) is 0 Å². The Labute approximate surface area is 444 Å². The average Bonchev–Trinajstić information content (AvgIpc) is 3.98. The molecular weight excluding hydrogens is 936 g/mol. The van der Waals surface area contributed by atoms with Gasteiger partial charge in [0, 0.05) is 74.4 Å². The number of nitrogens with zero attached hydrogens (tertiary/aromatic N) is 2. The van der Waals surface area contributed by atoms with Crippen LogP contribution < -0.4 is 25.5 Å². The van der Waals surface area contributed by atoms with E-state index in [1.165, 1.54) is 121 Å². The van der Waals surface area contributed by atoms with Crippen molar-refractivity contribution in [3.63, 3.8) is 0 Å². The summed E-state index contributed by atoms with van der Waals surface area (Å²) in [4.78, 5) is 7.96. The Morgan fingerprint density at radius 3 is 1.92 bits per heavy atom. The Bertz CT molecular complexity index is 4140. The van der Waals surface area contributed by atoms with Gasteiger partial charge < -0.3 is 14.2 Å². The summed E-state index contributed by atoms with van der Waals surface area (Å²) in [7, 11) is 0. The van der Waals surface area contributed by atoms with Gasteiger partial charge in [-0.1, -0.05) is 178 Å². The van der Waals surface area contributed by atoms with Gasteiger partial charge in [0.15, 0.2) is 5.58 Å². The lowest BCUT2D eigenvalue weighted by molar-refractivity contribution is 0.332. The van der Waals surface area contributed by atoms with Gasteiger partial charge in [0.25, 0.3) is 6.71 Å². The Morgan fingerprint density at radius 2 is 1.14 bits per heavy atom. The van der Waals surface area contributed by atoms with Gasteiger partial charge in [-0.2, -0.15) is 0 Å². The highest BCUT2D eigenvalue weighted by molar-refractivity contribution is 7.99. The van der Waals surface area contributed by atoms with Crippen LogP contribution in [-0.4, -0.2) is 6.71 Å². The largest absolute Gasteiger partial charge is 0.454 e. The molecule has 74 heavy (non-hydrogen) atoms. The molecule has 0 N–H and O–H groups in total. The van der Waals surface area contributed by atoms with E-state index in [2.05, 4.69) is 243 Å². The molecule has 0 amide bonds. The first-order valence-electron chi connectivity index (χ1n) is 26.8. The van der Waals surface area contributed by atoms with Crippen LogP contribution in [0.2, 0.25) is 0 Å². The van der Waals surface area contributed by atoms with Crippen LogP contribution >= 0.6 is 23.1 Å². The van der Waals surface area contributed by atoms with Crippen LogP contribution in [-0.2, 0) is 27.1 Å². The second kappa shape index (κ2) is 14.7. The van der Waals surface area contributed by atoms with Gasteiger partial charge in [-0.3, -0.25) is 0 Å². The van der Waals surface area contributed by atoms with Gasteiger partial charge in [0.05, 0.1) is 11.4 Å². The molecule has 0 bridgehead atoms. The van der Waals surface area contributed by atoms with Crippen molar-refractivity contribution in [3.8, 4) is 0 Å². The number of furan rings is 1. The maximum absolute atomic E-state index is 7.02. The molecule has 0 fully saturated rings. The lowest BCUT2D eigenvalue weighted by Gasteiger charge is -2.45. The molecule has 15 rings (SSSR count). The molecule has 8 aromatic carbocycles. The molecule has 0 spiro atoms. The summed E-state index contributed by atoms with van der Waals surface area (Å²) in [5.74, 6) is 0. The van der Waals surface area contributed by atoms with Crippen molar-refractivity contribution in [1.29, 1.82) is 0 Å². The van der Waals surface area contributed by atoms with Crippen molar-refractivity contribution in [3.05, 3.63) is 196 Å². The van der Waals surface area contributed by atoms with Gasteiger partial charge in [-0.05, 0) is 140 Å². The van der Waals surface area contributed by atoms with Crippen molar-refractivity contribution in [1.82, 2.24) is 0 Å². The molecule has 364 valence electrons. The van der Waals surface area contributed by atoms with Crippen LogP contribution in [0.5, 0.6) is 0 Å². The highest BCUT2D eigenvalue weighted by Gasteiger charge is 2.50. The van der Waals surface area contributed by atoms with Crippen LogP contribution in [0.25, 0.3) is 32.0 Å². The normalized spacial score (nSPS) is 18.5.